The molecule has 2 aromatic rings. The molecule has 0 amide bonds. The fraction of sp³-hybridized carbons (Fsp3) is 0.0909. The average molecular weight is 265 g/mol. The molecule has 0 unspecified atom stereocenters. The maximum atomic E-state index is 10.6. The van der Waals surface area contributed by atoms with E-state index in [2.05, 4.69) is 21.0 Å². The minimum absolute atomic E-state index is 0.713. The molecule has 0 spiro atoms. The second-order valence-corrected chi connectivity index (χ2v) is 4.18. The van der Waals surface area contributed by atoms with Gasteiger partial charge >= 0.3 is 0 Å². The smallest absolute Gasteiger partial charge is 0.150 e. The largest absolute Gasteiger partial charge is 0.298 e. The van der Waals surface area contributed by atoms with Crippen LogP contribution in [0.15, 0.2) is 35.1 Å². The fourth-order valence-electron chi connectivity index (χ4n) is 1.38. The normalized spacial score (nSPS) is 10.3. The van der Waals surface area contributed by atoms with Gasteiger partial charge in [-0.2, -0.15) is 5.10 Å². The number of rotatable bonds is 2. The van der Waals surface area contributed by atoms with Crippen LogP contribution in [0.1, 0.15) is 15.9 Å². The molecule has 0 fully saturated rings. The van der Waals surface area contributed by atoms with E-state index in [-0.39, 0.29) is 0 Å². The van der Waals surface area contributed by atoms with Crippen molar-refractivity contribution >= 4 is 22.2 Å². The van der Waals surface area contributed by atoms with Gasteiger partial charge in [-0.15, -0.1) is 0 Å². The standard InChI is InChI=1S/C11H9BrN2O/c1-8-4-11(3-2-9(8)7-15)14-6-10(12)5-13-14/h2-7H,1H3. The number of carbonyl (C=O) groups excluding carboxylic acids is 1. The number of hydrogen-bond donors (Lipinski definition) is 0. The minimum Gasteiger partial charge on any atom is -0.298 e. The predicted octanol–water partition coefficient (Wildman–Crippen LogP) is 2.76. The van der Waals surface area contributed by atoms with Gasteiger partial charge in [-0.25, -0.2) is 4.68 Å². The molecule has 1 aromatic carbocycles. The first-order valence-corrected chi connectivity index (χ1v) is 5.26. The molecule has 0 aliphatic carbocycles. The minimum atomic E-state index is 0.713. The van der Waals surface area contributed by atoms with Crippen LogP contribution in [-0.4, -0.2) is 16.1 Å². The molecule has 2 rings (SSSR count). The van der Waals surface area contributed by atoms with Crippen molar-refractivity contribution in [2.24, 2.45) is 0 Å². The second-order valence-electron chi connectivity index (χ2n) is 3.26. The number of aromatic nitrogens is 2. The Morgan fingerprint density at radius 1 is 1.47 bits per heavy atom. The zero-order chi connectivity index (χ0) is 10.8. The molecule has 0 bridgehead atoms. The molecule has 0 radical (unpaired) electrons. The van der Waals surface area contributed by atoms with Crippen LogP contribution < -0.4 is 0 Å². The van der Waals surface area contributed by atoms with Crippen LogP contribution in [0, 0.1) is 6.92 Å². The summed E-state index contributed by atoms with van der Waals surface area (Å²) >= 11 is 3.34. The Kier molecular flexibility index (Phi) is 2.68. The van der Waals surface area contributed by atoms with Crippen LogP contribution in [0.3, 0.4) is 0 Å². The average Bonchev–Trinajstić information content (AvgIpc) is 2.65. The lowest BCUT2D eigenvalue weighted by atomic mass is 10.1. The van der Waals surface area contributed by atoms with E-state index in [1.807, 2.05) is 25.3 Å². The van der Waals surface area contributed by atoms with E-state index in [1.54, 1.807) is 16.9 Å². The molecular formula is C11H9BrN2O. The molecule has 4 heteroatoms. The van der Waals surface area contributed by atoms with Gasteiger partial charge in [0.15, 0.2) is 0 Å². The van der Waals surface area contributed by atoms with Gasteiger partial charge in [0.2, 0.25) is 0 Å². The van der Waals surface area contributed by atoms with E-state index in [9.17, 15) is 4.79 Å². The zero-order valence-electron chi connectivity index (χ0n) is 8.14. The molecule has 0 N–H and O–H groups in total. The highest BCUT2D eigenvalue weighted by atomic mass is 79.9. The summed E-state index contributed by atoms with van der Waals surface area (Å²) < 4.78 is 2.69. The summed E-state index contributed by atoms with van der Waals surface area (Å²) in [5.74, 6) is 0. The lowest BCUT2D eigenvalue weighted by molar-refractivity contribution is 0.112. The van der Waals surface area contributed by atoms with Crippen LogP contribution >= 0.6 is 15.9 Å². The fourth-order valence-corrected chi connectivity index (χ4v) is 1.66. The van der Waals surface area contributed by atoms with Crippen molar-refractivity contribution in [2.45, 2.75) is 6.92 Å². The van der Waals surface area contributed by atoms with Gasteiger partial charge in [0.1, 0.15) is 6.29 Å². The van der Waals surface area contributed by atoms with Gasteiger partial charge in [-0.05, 0) is 46.6 Å². The quantitative estimate of drug-likeness (QED) is 0.782. The molecule has 0 atom stereocenters. The monoisotopic (exact) mass is 264 g/mol. The van der Waals surface area contributed by atoms with Crippen LogP contribution in [0.4, 0.5) is 0 Å². The van der Waals surface area contributed by atoms with E-state index in [1.165, 1.54) is 0 Å². The van der Waals surface area contributed by atoms with Crippen LogP contribution in [-0.2, 0) is 0 Å². The first kappa shape index (κ1) is 10.1. The molecule has 0 saturated heterocycles. The molecular weight excluding hydrogens is 256 g/mol. The van der Waals surface area contributed by atoms with E-state index < -0.39 is 0 Å². The summed E-state index contributed by atoms with van der Waals surface area (Å²) in [6.45, 7) is 1.91. The van der Waals surface area contributed by atoms with Crippen molar-refractivity contribution in [3.63, 3.8) is 0 Å². The number of benzene rings is 1. The van der Waals surface area contributed by atoms with Gasteiger partial charge in [0.25, 0.3) is 0 Å². The zero-order valence-corrected chi connectivity index (χ0v) is 9.73. The SMILES string of the molecule is Cc1cc(-n2cc(Br)cn2)ccc1C=O. The molecule has 76 valence electrons. The van der Waals surface area contributed by atoms with Crippen molar-refractivity contribution in [2.75, 3.05) is 0 Å². The van der Waals surface area contributed by atoms with Crippen molar-refractivity contribution in [3.05, 3.63) is 46.2 Å². The van der Waals surface area contributed by atoms with Gasteiger partial charge < -0.3 is 0 Å². The Labute approximate surface area is 95.9 Å². The molecule has 1 aromatic heterocycles. The van der Waals surface area contributed by atoms with Crippen LogP contribution in [0.25, 0.3) is 5.69 Å². The van der Waals surface area contributed by atoms with E-state index >= 15 is 0 Å². The molecule has 15 heavy (non-hydrogen) atoms. The highest BCUT2D eigenvalue weighted by Crippen LogP contribution is 2.15. The van der Waals surface area contributed by atoms with Crippen LogP contribution in [0.2, 0.25) is 0 Å². The number of aldehydes is 1. The highest BCUT2D eigenvalue weighted by molar-refractivity contribution is 9.10. The third-order valence-electron chi connectivity index (χ3n) is 2.20. The predicted molar refractivity (Wildman–Crippen MR) is 61.4 cm³/mol. The summed E-state index contributed by atoms with van der Waals surface area (Å²) in [6.07, 6.45) is 4.45. The number of halogens is 1. The third kappa shape index (κ3) is 1.99. The Balaban J connectivity index is 2.46. The first-order valence-electron chi connectivity index (χ1n) is 4.47. The Hall–Kier alpha value is -1.42. The van der Waals surface area contributed by atoms with E-state index in [4.69, 9.17) is 0 Å². The van der Waals surface area contributed by atoms with Gasteiger partial charge in [0, 0.05) is 11.8 Å². The number of nitrogens with zero attached hydrogens (tertiary/aromatic N) is 2. The van der Waals surface area contributed by atoms with Crippen molar-refractivity contribution in [3.8, 4) is 5.69 Å². The summed E-state index contributed by atoms with van der Waals surface area (Å²) in [7, 11) is 0. The molecule has 0 aliphatic rings. The molecule has 3 nitrogen and oxygen atoms in total. The molecule has 0 saturated carbocycles. The van der Waals surface area contributed by atoms with Gasteiger partial charge in [0.05, 0.1) is 16.4 Å². The summed E-state index contributed by atoms with van der Waals surface area (Å²) in [5, 5.41) is 4.16. The van der Waals surface area contributed by atoms with Crippen LogP contribution in [0.5, 0.6) is 0 Å². The first-order chi connectivity index (χ1) is 7.20. The lowest BCUT2D eigenvalue weighted by Crippen LogP contribution is -1.96. The third-order valence-corrected chi connectivity index (χ3v) is 2.61. The Morgan fingerprint density at radius 3 is 2.80 bits per heavy atom. The second kappa shape index (κ2) is 3.98. The maximum absolute atomic E-state index is 10.6. The van der Waals surface area contributed by atoms with Crippen molar-refractivity contribution < 1.29 is 4.79 Å². The number of carbonyl (C=O) groups is 1. The number of hydrogen-bond acceptors (Lipinski definition) is 2. The molecule has 0 aliphatic heterocycles. The lowest BCUT2D eigenvalue weighted by Gasteiger charge is -2.03. The maximum Gasteiger partial charge on any atom is 0.150 e. The topological polar surface area (TPSA) is 34.9 Å². The number of aryl methyl sites for hydroxylation is 1. The summed E-state index contributed by atoms with van der Waals surface area (Å²) in [6, 6.07) is 5.60. The highest BCUT2D eigenvalue weighted by Gasteiger charge is 2.02. The molecule has 1 heterocycles. The Bertz CT molecular complexity index is 505. The van der Waals surface area contributed by atoms with E-state index in [0.29, 0.717) is 5.56 Å². The van der Waals surface area contributed by atoms with Crippen molar-refractivity contribution in [1.82, 2.24) is 9.78 Å². The summed E-state index contributed by atoms with van der Waals surface area (Å²) in [4.78, 5) is 10.6. The van der Waals surface area contributed by atoms with Gasteiger partial charge in [-0.1, -0.05) is 0 Å². The van der Waals surface area contributed by atoms with Gasteiger partial charge in [-0.3, -0.25) is 4.79 Å². The summed E-state index contributed by atoms with van der Waals surface area (Å²) in [5.41, 5.74) is 2.61. The Morgan fingerprint density at radius 2 is 2.27 bits per heavy atom. The van der Waals surface area contributed by atoms with Crippen molar-refractivity contribution in [1.29, 1.82) is 0 Å². The van der Waals surface area contributed by atoms with E-state index in [0.717, 1.165) is 22.0 Å².